The van der Waals surface area contributed by atoms with Crippen molar-refractivity contribution >= 4 is 11.9 Å². The molecule has 0 bridgehead atoms. The molecule has 0 saturated carbocycles. The van der Waals surface area contributed by atoms with Crippen molar-refractivity contribution in [2.24, 2.45) is 0 Å². The molecule has 2 aliphatic heterocycles. The first kappa shape index (κ1) is 16.8. The van der Waals surface area contributed by atoms with Crippen LogP contribution in [0.5, 0.6) is 5.88 Å². The van der Waals surface area contributed by atoms with Gasteiger partial charge < -0.3 is 14.5 Å². The molecule has 8 nitrogen and oxygen atoms in total. The summed E-state index contributed by atoms with van der Waals surface area (Å²) in [5, 5.41) is 4.66. The molecule has 1 amide bonds. The maximum atomic E-state index is 12.2. The molecule has 0 radical (unpaired) electrons. The number of ether oxygens (including phenoxy) is 1. The predicted octanol–water partition coefficient (Wildman–Crippen LogP) is 1.26. The number of carbonyl (C=O) groups is 1. The van der Waals surface area contributed by atoms with Gasteiger partial charge in [-0.15, -0.1) is 0 Å². The molecule has 4 heterocycles. The second kappa shape index (κ2) is 7.31. The lowest BCUT2D eigenvalue weighted by molar-refractivity contribution is -0.130. The molecule has 1 saturated heterocycles. The number of aryl methyl sites for hydroxylation is 1. The molecule has 2 aliphatic rings. The highest BCUT2D eigenvalue weighted by atomic mass is 16.5. The minimum atomic E-state index is 0.250. The number of hydrogen-bond acceptors (Lipinski definition) is 6. The van der Waals surface area contributed by atoms with Crippen molar-refractivity contribution in [2.45, 2.75) is 38.8 Å². The minimum Gasteiger partial charge on any atom is -0.481 e. The van der Waals surface area contributed by atoms with Gasteiger partial charge in [0.2, 0.25) is 17.7 Å². The van der Waals surface area contributed by atoms with Crippen molar-refractivity contribution < 1.29 is 9.53 Å². The molecule has 138 valence electrons. The van der Waals surface area contributed by atoms with Crippen molar-refractivity contribution in [3.8, 4) is 5.88 Å². The molecule has 26 heavy (non-hydrogen) atoms. The van der Waals surface area contributed by atoms with Crippen molar-refractivity contribution in [3.05, 3.63) is 29.7 Å². The first-order valence-electron chi connectivity index (χ1n) is 9.18. The van der Waals surface area contributed by atoms with Crippen LogP contribution >= 0.6 is 0 Å². The van der Waals surface area contributed by atoms with Crippen molar-refractivity contribution in [1.82, 2.24) is 24.6 Å². The van der Waals surface area contributed by atoms with E-state index < -0.39 is 0 Å². The van der Waals surface area contributed by atoms with Gasteiger partial charge in [0.15, 0.2) is 0 Å². The van der Waals surface area contributed by atoms with Gasteiger partial charge in [0.25, 0.3) is 0 Å². The Kier molecular flexibility index (Phi) is 4.73. The molecule has 0 atom stereocenters. The smallest absolute Gasteiger partial charge is 0.229 e. The van der Waals surface area contributed by atoms with Crippen LogP contribution in [-0.4, -0.2) is 57.3 Å². The van der Waals surface area contributed by atoms with Crippen molar-refractivity contribution in [1.29, 1.82) is 0 Å². The van der Waals surface area contributed by atoms with E-state index in [0.29, 0.717) is 31.2 Å². The highest BCUT2D eigenvalue weighted by molar-refractivity contribution is 5.76. The standard InChI is InChI=1S/C18H24N6O2/c1-26-16-6-7-19-18(20-16)23-10-11-24-15(13-23)12-14(21-24)4-5-17(25)22-8-2-3-9-22/h6-7,12H,2-5,8-11,13H2,1H3. The van der Waals surface area contributed by atoms with Gasteiger partial charge in [0, 0.05) is 44.7 Å². The quantitative estimate of drug-likeness (QED) is 0.803. The maximum absolute atomic E-state index is 12.2. The van der Waals surface area contributed by atoms with Crippen LogP contribution in [0.15, 0.2) is 18.3 Å². The average Bonchev–Trinajstić information content (AvgIpc) is 3.35. The molecule has 0 spiro atoms. The Bertz CT molecular complexity index is 784. The topological polar surface area (TPSA) is 76.4 Å². The first-order valence-corrected chi connectivity index (χ1v) is 9.18. The summed E-state index contributed by atoms with van der Waals surface area (Å²) in [6.07, 6.45) is 5.21. The van der Waals surface area contributed by atoms with E-state index >= 15 is 0 Å². The SMILES string of the molecule is COc1ccnc(N2CCn3nc(CCC(=O)N4CCCC4)cc3C2)n1. The number of fused-ring (bicyclic) bond motifs is 1. The molecule has 0 unspecified atom stereocenters. The van der Waals surface area contributed by atoms with E-state index in [4.69, 9.17) is 4.74 Å². The number of amides is 1. The monoisotopic (exact) mass is 356 g/mol. The Morgan fingerprint density at radius 1 is 1.23 bits per heavy atom. The van der Waals surface area contributed by atoms with E-state index in [9.17, 15) is 4.79 Å². The zero-order valence-electron chi connectivity index (χ0n) is 15.1. The highest BCUT2D eigenvalue weighted by Gasteiger charge is 2.22. The van der Waals surface area contributed by atoms with Gasteiger partial charge in [-0.05, 0) is 18.9 Å². The lowest BCUT2D eigenvalue weighted by atomic mass is 10.2. The number of anilines is 1. The second-order valence-corrected chi connectivity index (χ2v) is 6.76. The van der Waals surface area contributed by atoms with Crippen LogP contribution in [0.3, 0.4) is 0 Å². The zero-order chi connectivity index (χ0) is 17.9. The largest absolute Gasteiger partial charge is 0.481 e. The summed E-state index contributed by atoms with van der Waals surface area (Å²) in [5.41, 5.74) is 2.12. The van der Waals surface area contributed by atoms with Gasteiger partial charge in [0.05, 0.1) is 31.6 Å². The van der Waals surface area contributed by atoms with Crippen LogP contribution in [0, 0.1) is 0 Å². The van der Waals surface area contributed by atoms with Crippen molar-refractivity contribution in [2.75, 3.05) is 31.6 Å². The summed E-state index contributed by atoms with van der Waals surface area (Å²) in [6, 6.07) is 3.84. The van der Waals surface area contributed by atoms with E-state index in [1.54, 1.807) is 19.4 Å². The highest BCUT2D eigenvalue weighted by Crippen LogP contribution is 2.20. The Morgan fingerprint density at radius 3 is 2.88 bits per heavy atom. The molecular weight excluding hydrogens is 332 g/mol. The number of nitrogens with zero attached hydrogens (tertiary/aromatic N) is 6. The predicted molar refractivity (Wildman–Crippen MR) is 96.0 cm³/mol. The number of methoxy groups -OCH3 is 1. The molecule has 0 aliphatic carbocycles. The molecular formula is C18H24N6O2. The molecule has 0 N–H and O–H groups in total. The molecule has 2 aromatic heterocycles. The normalized spacial score (nSPS) is 16.7. The van der Waals surface area contributed by atoms with E-state index in [1.165, 1.54) is 0 Å². The summed E-state index contributed by atoms with van der Waals surface area (Å²) in [5.74, 6) is 1.48. The molecule has 0 aromatic carbocycles. The number of likely N-dealkylation sites (tertiary alicyclic amines) is 1. The third-order valence-corrected chi connectivity index (χ3v) is 5.01. The second-order valence-electron chi connectivity index (χ2n) is 6.76. The van der Waals surface area contributed by atoms with Gasteiger partial charge in [0.1, 0.15) is 0 Å². The molecule has 8 heteroatoms. The maximum Gasteiger partial charge on any atom is 0.229 e. The van der Waals surface area contributed by atoms with E-state index in [1.807, 2.05) is 9.58 Å². The lowest BCUT2D eigenvalue weighted by Gasteiger charge is -2.27. The van der Waals surface area contributed by atoms with Crippen LogP contribution in [0.1, 0.15) is 30.7 Å². The van der Waals surface area contributed by atoms with Gasteiger partial charge in [-0.3, -0.25) is 9.48 Å². The van der Waals surface area contributed by atoms with E-state index in [0.717, 1.165) is 50.4 Å². The summed E-state index contributed by atoms with van der Waals surface area (Å²) < 4.78 is 7.22. The van der Waals surface area contributed by atoms with Gasteiger partial charge in [-0.1, -0.05) is 0 Å². The Labute approximate surface area is 152 Å². The molecule has 2 aromatic rings. The van der Waals surface area contributed by atoms with Gasteiger partial charge >= 0.3 is 0 Å². The van der Waals surface area contributed by atoms with Gasteiger partial charge in [-0.25, -0.2) is 4.98 Å². The third kappa shape index (κ3) is 3.49. The van der Waals surface area contributed by atoms with Crippen LogP contribution in [0.2, 0.25) is 0 Å². The summed E-state index contributed by atoms with van der Waals surface area (Å²) >= 11 is 0. The number of aromatic nitrogens is 4. The van der Waals surface area contributed by atoms with Crippen LogP contribution in [-0.2, 0) is 24.3 Å². The summed E-state index contributed by atoms with van der Waals surface area (Å²) in [6.45, 7) is 4.12. The number of hydrogen-bond donors (Lipinski definition) is 0. The van der Waals surface area contributed by atoms with Crippen LogP contribution in [0.25, 0.3) is 0 Å². The van der Waals surface area contributed by atoms with Crippen molar-refractivity contribution in [3.63, 3.8) is 0 Å². The third-order valence-electron chi connectivity index (χ3n) is 5.01. The Balaban J connectivity index is 1.39. The Morgan fingerprint density at radius 2 is 2.08 bits per heavy atom. The average molecular weight is 356 g/mol. The fourth-order valence-corrected chi connectivity index (χ4v) is 3.58. The zero-order valence-corrected chi connectivity index (χ0v) is 15.1. The summed E-state index contributed by atoms with van der Waals surface area (Å²) in [4.78, 5) is 25.1. The Hall–Kier alpha value is -2.64. The van der Waals surface area contributed by atoms with Crippen LogP contribution in [0.4, 0.5) is 5.95 Å². The first-order chi connectivity index (χ1) is 12.7. The van der Waals surface area contributed by atoms with Gasteiger partial charge in [-0.2, -0.15) is 10.1 Å². The fourth-order valence-electron chi connectivity index (χ4n) is 3.58. The minimum absolute atomic E-state index is 0.250. The number of carbonyl (C=O) groups excluding carboxylic acids is 1. The van der Waals surface area contributed by atoms with Crippen LogP contribution < -0.4 is 9.64 Å². The summed E-state index contributed by atoms with van der Waals surface area (Å²) in [7, 11) is 1.60. The number of rotatable bonds is 5. The molecule has 1 fully saturated rings. The molecule has 4 rings (SSSR count). The fraction of sp³-hybridized carbons (Fsp3) is 0.556. The van der Waals surface area contributed by atoms with E-state index in [2.05, 4.69) is 26.0 Å². The van der Waals surface area contributed by atoms with E-state index in [-0.39, 0.29) is 5.91 Å². The lowest BCUT2D eigenvalue weighted by Crippen LogP contribution is -2.34.